The quantitative estimate of drug-likeness (QED) is 0.293. The van der Waals surface area contributed by atoms with Gasteiger partial charge in [0.25, 0.3) is 0 Å². The Morgan fingerprint density at radius 1 is 1.00 bits per heavy atom. The molecule has 0 aliphatic heterocycles. The summed E-state index contributed by atoms with van der Waals surface area (Å²) in [6.45, 7) is 13.0. The van der Waals surface area contributed by atoms with Crippen molar-refractivity contribution in [3.8, 4) is 5.75 Å². The zero-order valence-electron chi connectivity index (χ0n) is 13.9. The summed E-state index contributed by atoms with van der Waals surface area (Å²) in [5.41, 5.74) is 2.10. The van der Waals surface area contributed by atoms with E-state index in [-0.39, 0.29) is 0 Å². The normalized spacial score (nSPS) is 10.6. The van der Waals surface area contributed by atoms with Crippen LogP contribution in [0.15, 0.2) is 54.8 Å². The first-order chi connectivity index (χ1) is 10.6. The van der Waals surface area contributed by atoms with Crippen LogP contribution in [0.2, 0.25) is 0 Å². The fourth-order valence-electron chi connectivity index (χ4n) is 1.93. The van der Waals surface area contributed by atoms with Crippen molar-refractivity contribution in [1.82, 2.24) is 0 Å². The van der Waals surface area contributed by atoms with Crippen LogP contribution in [0.3, 0.4) is 0 Å². The Hall–Kier alpha value is -1.96. The van der Waals surface area contributed by atoms with Crippen LogP contribution in [0.4, 0.5) is 0 Å². The SMILES string of the molecule is C=C(C)C(=C)OCCCCCCOc1ccc(/C=C/C)cc1. The average Bonchev–Trinajstić information content (AvgIpc) is 2.51. The Morgan fingerprint density at radius 3 is 2.23 bits per heavy atom. The fraction of sp³-hybridized carbons (Fsp3) is 0.400. The Balaban J connectivity index is 2.03. The molecule has 1 aromatic rings. The lowest BCUT2D eigenvalue weighted by molar-refractivity contribution is 0.212. The lowest BCUT2D eigenvalue weighted by atomic mass is 10.2. The highest BCUT2D eigenvalue weighted by Gasteiger charge is 1.97. The molecule has 0 saturated carbocycles. The van der Waals surface area contributed by atoms with Crippen LogP contribution in [-0.2, 0) is 4.74 Å². The van der Waals surface area contributed by atoms with Crippen molar-refractivity contribution < 1.29 is 9.47 Å². The van der Waals surface area contributed by atoms with Gasteiger partial charge in [-0.15, -0.1) is 0 Å². The van der Waals surface area contributed by atoms with Crippen LogP contribution in [0.5, 0.6) is 5.75 Å². The molecule has 22 heavy (non-hydrogen) atoms. The van der Waals surface area contributed by atoms with Crippen molar-refractivity contribution in [2.45, 2.75) is 39.5 Å². The smallest absolute Gasteiger partial charge is 0.119 e. The molecule has 0 unspecified atom stereocenters. The fourth-order valence-corrected chi connectivity index (χ4v) is 1.93. The summed E-state index contributed by atoms with van der Waals surface area (Å²) in [6, 6.07) is 8.18. The molecule has 0 atom stereocenters. The van der Waals surface area contributed by atoms with Crippen LogP contribution in [0.1, 0.15) is 45.1 Å². The maximum atomic E-state index is 5.73. The molecular formula is C20H28O2. The lowest BCUT2D eigenvalue weighted by Gasteiger charge is -2.09. The van der Waals surface area contributed by atoms with Crippen molar-refractivity contribution >= 4 is 6.08 Å². The van der Waals surface area contributed by atoms with E-state index in [0.29, 0.717) is 5.76 Å². The van der Waals surface area contributed by atoms with Crippen molar-refractivity contribution in [3.63, 3.8) is 0 Å². The van der Waals surface area contributed by atoms with Gasteiger partial charge in [-0.2, -0.15) is 0 Å². The van der Waals surface area contributed by atoms with E-state index in [1.165, 1.54) is 5.56 Å². The third-order valence-corrected chi connectivity index (χ3v) is 3.30. The van der Waals surface area contributed by atoms with E-state index in [1.54, 1.807) is 0 Å². The van der Waals surface area contributed by atoms with Crippen molar-refractivity contribution in [2.24, 2.45) is 0 Å². The van der Waals surface area contributed by atoms with E-state index in [0.717, 1.165) is 50.2 Å². The maximum absolute atomic E-state index is 5.73. The first-order valence-corrected chi connectivity index (χ1v) is 7.96. The lowest BCUT2D eigenvalue weighted by Crippen LogP contribution is -1.98. The standard InChI is InChI=1S/C20H28O2/c1-5-10-19-11-13-20(14-12-19)22-16-9-7-6-8-15-21-18(4)17(2)3/h5,10-14H,2,4,6-9,15-16H2,1,3H3/b10-5+. The largest absolute Gasteiger partial charge is 0.494 e. The number of ether oxygens (including phenoxy) is 2. The zero-order chi connectivity index (χ0) is 16.2. The van der Waals surface area contributed by atoms with Crippen LogP contribution in [-0.4, -0.2) is 13.2 Å². The number of allylic oxidation sites excluding steroid dienone is 2. The summed E-state index contributed by atoms with van der Waals surface area (Å²) in [5.74, 6) is 1.64. The minimum absolute atomic E-state index is 0.699. The number of rotatable bonds is 11. The molecule has 2 nitrogen and oxygen atoms in total. The molecule has 0 aromatic heterocycles. The van der Waals surface area contributed by atoms with Gasteiger partial charge < -0.3 is 9.47 Å². The Morgan fingerprint density at radius 2 is 1.64 bits per heavy atom. The second-order valence-electron chi connectivity index (χ2n) is 5.38. The molecule has 0 aliphatic carbocycles. The third kappa shape index (κ3) is 7.72. The second-order valence-corrected chi connectivity index (χ2v) is 5.38. The maximum Gasteiger partial charge on any atom is 0.119 e. The van der Waals surface area contributed by atoms with Gasteiger partial charge in [-0.3, -0.25) is 0 Å². The monoisotopic (exact) mass is 300 g/mol. The molecule has 0 saturated heterocycles. The van der Waals surface area contributed by atoms with Gasteiger partial charge in [0.2, 0.25) is 0 Å². The molecule has 0 heterocycles. The minimum atomic E-state index is 0.699. The predicted molar refractivity (Wildman–Crippen MR) is 95.0 cm³/mol. The highest BCUT2D eigenvalue weighted by molar-refractivity contribution is 5.50. The molecule has 1 rings (SSSR count). The van der Waals surface area contributed by atoms with Gasteiger partial charge >= 0.3 is 0 Å². The van der Waals surface area contributed by atoms with E-state index >= 15 is 0 Å². The molecule has 120 valence electrons. The van der Waals surface area contributed by atoms with Gasteiger partial charge in [0.05, 0.1) is 13.2 Å². The van der Waals surface area contributed by atoms with Gasteiger partial charge in [0.15, 0.2) is 0 Å². The summed E-state index contributed by atoms with van der Waals surface area (Å²) < 4.78 is 11.2. The molecule has 0 aliphatic rings. The van der Waals surface area contributed by atoms with E-state index < -0.39 is 0 Å². The second kappa shape index (κ2) is 10.7. The Labute approximate surface area is 135 Å². The van der Waals surface area contributed by atoms with Gasteiger partial charge in [0, 0.05) is 0 Å². The van der Waals surface area contributed by atoms with Crippen LogP contribution < -0.4 is 4.74 Å². The average molecular weight is 300 g/mol. The van der Waals surface area contributed by atoms with Crippen LogP contribution in [0, 0.1) is 0 Å². The highest BCUT2D eigenvalue weighted by Crippen LogP contribution is 2.14. The van der Waals surface area contributed by atoms with Crippen molar-refractivity contribution in [1.29, 1.82) is 0 Å². The molecule has 0 amide bonds. The van der Waals surface area contributed by atoms with E-state index in [1.807, 2.05) is 32.1 Å². The topological polar surface area (TPSA) is 18.5 Å². The first kappa shape index (κ1) is 18.1. The molecule has 0 N–H and O–H groups in total. The molecule has 2 heteroatoms. The highest BCUT2D eigenvalue weighted by atomic mass is 16.5. The van der Waals surface area contributed by atoms with E-state index in [9.17, 15) is 0 Å². The summed E-state index contributed by atoms with van der Waals surface area (Å²) in [5, 5.41) is 0. The van der Waals surface area contributed by atoms with E-state index in [4.69, 9.17) is 9.47 Å². The molecule has 0 bridgehead atoms. The number of benzene rings is 1. The van der Waals surface area contributed by atoms with Crippen LogP contribution in [0.25, 0.3) is 6.08 Å². The summed E-state index contributed by atoms with van der Waals surface area (Å²) in [4.78, 5) is 0. The van der Waals surface area contributed by atoms with Crippen molar-refractivity contribution in [2.75, 3.05) is 13.2 Å². The molecule has 0 fully saturated rings. The number of unbranched alkanes of at least 4 members (excludes halogenated alkanes) is 3. The summed E-state index contributed by atoms with van der Waals surface area (Å²) in [7, 11) is 0. The van der Waals surface area contributed by atoms with E-state index in [2.05, 4.69) is 31.4 Å². The molecule has 0 radical (unpaired) electrons. The first-order valence-electron chi connectivity index (χ1n) is 7.96. The number of hydrogen-bond donors (Lipinski definition) is 0. The molecular weight excluding hydrogens is 272 g/mol. The minimum Gasteiger partial charge on any atom is -0.494 e. The summed E-state index contributed by atoms with van der Waals surface area (Å²) in [6.07, 6.45) is 8.52. The zero-order valence-corrected chi connectivity index (χ0v) is 13.9. The number of hydrogen-bond acceptors (Lipinski definition) is 2. The van der Waals surface area contributed by atoms with Gasteiger partial charge in [-0.25, -0.2) is 0 Å². The van der Waals surface area contributed by atoms with Gasteiger partial charge in [-0.1, -0.05) is 37.4 Å². The van der Waals surface area contributed by atoms with Gasteiger partial charge in [-0.05, 0) is 62.8 Å². The summed E-state index contributed by atoms with van der Waals surface area (Å²) >= 11 is 0. The third-order valence-electron chi connectivity index (χ3n) is 3.30. The molecule has 0 spiro atoms. The van der Waals surface area contributed by atoms with Crippen LogP contribution >= 0.6 is 0 Å². The Bertz CT molecular complexity index is 483. The van der Waals surface area contributed by atoms with Gasteiger partial charge in [0.1, 0.15) is 11.5 Å². The Kier molecular flexibility index (Phi) is 8.82. The predicted octanol–water partition coefficient (Wildman–Crippen LogP) is 5.77. The van der Waals surface area contributed by atoms with Crippen molar-refractivity contribution in [3.05, 3.63) is 60.4 Å². The molecule has 1 aromatic carbocycles.